The van der Waals surface area contributed by atoms with Gasteiger partial charge in [0, 0.05) is 11.8 Å². The van der Waals surface area contributed by atoms with Crippen molar-refractivity contribution in [1.82, 2.24) is 19.6 Å². The van der Waals surface area contributed by atoms with Crippen molar-refractivity contribution < 1.29 is 14.6 Å². The minimum atomic E-state index is -0.594. The van der Waals surface area contributed by atoms with Crippen molar-refractivity contribution in [2.45, 2.75) is 26.0 Å². The fourth-order valence-electron chi connectivity index (χ4n) is 3.10. The number of rotatable bonds is 5. The number of halogens is 1. The van der Waals surface area contributed by atoms with Crippen molar-refractivity contribution in [1.29, 1.82) is 0 Å². The summed E-state index contributed by atoms with van der Waals surface area (Å²) in [5.74, 6) is 0.144. The molecule has 3 heterocycles. The summed E-state index contributed by atoms with van der Waals surface area (Å²) in [6.07, 6.45) is 2.79. The largest absolute Gasteiger partial charge is 0.508 e. The van der Waals surface area contributed by atoms with E-state index in [0.29, 0.717) is 28.4 Å². The SMILES string of the molecule is CC(O)c1ccnc(-c2cn3nc(NC(C)c4cc(F)ccc4O)ccc3n2)c1. The van der Waals surface area contributed by atoms with Gasteiger partial charge in [0.25, 0.3) is 0 Å². The maximum atomic E-state index is 13.5. The lowest BCUT2D eigenvalue weighted by Crippen LogP contribution is -2.09. The molecule has 8 heteroatoms. The number of anilines is 1. The number of nitrogens with zero attached hydrogens (tertiary/aromatic N) is 4. The third kappa shape index (κ3) is 3.88. The van der Waals surface area contributed by atoms with E-state index in [-0.39, 0.29) is 11.8 Å². The first-order chi connectivity index (χ1) is 13.9. The highest BCUT2D eigenvalue weighted by molar-refractivity contribution is 5.60. The maximum Gasteiger partial charge on any atom is 0.154 e. The molecule has 2 unspecified atom stereocenters. The van der Waals surface area contributed by atoms with Crippen LogP contribution in [0.15, 0.2) is 54.9 Å². The molecule has 148 valence electrons. The summed E-state index contributed by atoms with van der Waals surface area (Å²) in [7, 11) is 0. The summed E-state index contributed by atoms with van der Waals surface area (Å²) in [5, 5.41) is 27.4. The summed E-state index contributed by atoms with van der Waals surface area (Å²) in [6, 6.07) is 10.6. The molecule has 0 amide bonds. The Morgan fingerprint density at radius 3 is 2.69 bits per heavy atom. The number of hydrogen-bond acceptors (Lipinski definition) is 6. The molecule has 0 saturated carbocycles. The Hall–Kier alpha value is -3.52. The number of aliphatic hydroxyl groups excluding tert-OH is 1. The number of pyridine rings is 1. The first-order valence-electron chi connectivity index (χ1n) is 9.16. The number of imidazole rings is 1. The second kappa shape index (κ2) is 7.48. The fraction of sp³-hybridized carbons (Fsp3) is 0.190. The number of phenolic OH excluding ortho intramolecular Hbond substituents is 1. The molecule has 3 aromatic heterocycles. The van der Waals surface area contributed by atoms with E-state index in [0.717, 1.165) is 5.56 Å². The molecule has 0 aliphatic carbocycles. The number of aromatic hydroxyl groups is 1. The van der Waals surface area contributed by atoms with Gasteiger partial charge in [0.15, 0.2) is 5.65 Å². The van der Waals surface area contributed by atoms with Crippen molar-refractivity contribution in [2.24, 2.45) is 0 Å². The van der Waals surface area contributed by atoms with Crippen molar-refractivity contribution in [3.05, 3.63) is 71.8 Å². The van der Waals surface area contributed by atoms with Crippen LogP contribution in [0.2, 0.25) is 0 Å². The minimum absolute atomic E-state index is 0.0152. The zero-order chi connectivity index (χ0) is 20.5. The van der Waals surface area contributed by atoms with E-state index in [1.807, 2.05) is 6.92 Å². The highest BCUT2D eigenvalue weighted by Crippen LogP contribution is 2.27. The Morgan fingerprint density at radius 2 is 1.90 bits per heavy atom. The van der Waals surface area contributed by atoms with Gasteiger partial charge in [0.2, 0.25) is 0 Å². The van der Waals surface area contributed by atoms with Crippen LogP contribution >= 0.6 is 0 Å². The molecule has 0 spiro atoms. The molecule has 0 aliphatic rings. The lowest BCUT2D eigenvalue weighted by molar-refractivity contribution is 0.199. The van der Waals surface area contributed by atoms with E-state index in [2.05, 4.69) is 20.4 Å². The van der Waals surface area contributed by atoms with Crippen LogP contribution in [0.3, 0.4) is 0 Å². The topological polar surface area (TPSA) is 95.6 Å². The van der Waals surface area contributed by atoms with Gasteiger partial charge < -0.3 is 15.5 Å². The van der Waals surface area contributed by atoms with Crippen LogP contribution in [0, 0.1) is 5.82 Å². The van der Waals surface area contributed by atoms with E-state index in [9.17, 15) is 14.6 Å². The smallest absolute Gasteiger partial charge is 0.154 e. The van der Waals surface area contributed by atoms with Gasteiger partial charge in [-0.25, -0.2) is 13.9 Å². The number of benzene rings is 1. The minimum Gasteiger partial charge on any atom is -0.508 e. The standard InChI is InChI=1S/C21H20FN5O2/c1-12(16-10-15(22)3-4-19(16)29)24-20-5-6-21-25-18(11-27(21)26-20)17-9-14(13(2)28)7-8-23-17/h3-13,28-29H,1-2H3,(H,24,26). The second-order valence-electron chi connectivity index (χ2n) is 6.87. The lowest BCUT2D eigenvalue weighted by atomic mass is 10.1. The van der Waals surface area contributed by atoms with E-state index >= 15 is 0 Å². The third-order valence-electron chi connectivity index (χ3n) is 4.67. The van der Waals surface area contributed by atoms with Gasteiger partial charge in [-0.2, -0.15) is 0 Å². The maximum absolute atomic E-state index is 13.5. The van der Waals surface area contributed by atoms with Crippen LogP contribution in [0.1, 0.15) is 37.1 Å². The zero-order valence-electron chi connectivity index (χ0n) is 15.9. The highest BCUT2D eigenvalue weighted by atomic mass is 19.1. The highest BCUT2D eigenvalue weighted by Gasteiger charge is 2.14. The predicted molar refractivity (Wildman–Crippen MR) is 107 cm³/mol. The van der Waals surface area contributed by atoms with Gasteiger partial charge in [-0.15, -0.1) is 5.10 Å². The molecule has 0 saturated heterocycles. The summed E-state index contributed by atoms with van der Waals surface area (Å²) >= 11 is 0. The first kappa shape index (κ1) is 18.8. The van der Waals surface area contributed by atoms with Crippen molar-refractivity contribution in [3.63, 3.8) is 0 Å². The Balaban J connectivity index is 1.62. The predicted octanol–water partition coefficient (Wildman–Crippen LogP) is 3.86. The zero-order valence-corrected chi connectivity index (χ0v) is 15.9. The first-order valence-corrected chi connectivity index (χ1v) is 9.16. The molecule has 1 aromatic carbocycles. The number of aliphatic hydroxyl groups is 1. The lowest BCUT2D eigenvalue weighted by Gasteiger charge is -2.16. The molecule has 2 atom stereocenters. The molecule has 0 bridgehead atoms. The average Bonchev–Trinajstić information content (AvgIpc) is 3.13. The molecule has 4 rings (SSSR count). The van der Waals surface area contributed by atoms with Gasteiger partial charge in [-0.05, 0) is 61.9 Å². The van der Waals surface area contributed by atoms with Crippen molar-refractivity contribution >= 4 is 11.5 Å². The van der Waals surface area contributed by atoms with E-state index in [1.54, 1.807) is 48.1 Å². The molecule has 4 aromatic rings. The average molecular weight is 393 g/mol. The number of nitrogens with one attached hydrogen (secondary N) is 1. The summed E-state index contributed by atoms with van der Waals surface area (Å²) in [4.78, 5) is 8.85. The Morgan fingerprint density at radius 1 is 1.07 bits per heavy atom. The molecule has 0 fully saturated rings. The van der Waals surface area contributed by atoms with Crippen LogP contribution < -0.4 is 5.32 Å². The third-order valence-corrected chi connectivity index (χ3v) is 4.67. The molecular weight excluding hydrogens is 373 g/mol. The van der Waals surface area contributed by atoms with Gasteiger partial charge in [0.1, 0.15) is 23.1 Å². The number of hydrogen-bond donors (Lipinski definition) is 3. The fourth-order valence-corrected chi connectivity index (χ4v) is 3.10. The Labute approximate surface area is 166 Å². The summed E-state index contributed by atoms with van der Waals surface area (Å²) < 4.78 is 15.1. The van der Waals surface area contributed by atoms with E-state index < -0.39 is 11.9 Å². The number of aromatic nitrogens is 4. The van der Waals surface area contributed by atoms with Gasteiger partial charge >= 0.3 is 0 Å². The molecule has 0 radical (unpaired) electrons. The van der Waals surface area contributed by atoms with Crippen LogP contribution in [0.5, 0.6) is 5.75 Å². The Bertz CT molecular complexity index is 1170. The van der Waals surface area contributed by atoms with Crippen LogP contribution in [-0.2, 0) is 0 Å². The van der Waals surface area contributed by atoms with Gasteiger partial charge in [-0.3, -0.25) is 4.98 Å². The van der Waals surface area contributed by atoms with Crippen LogP contribution in [0.25, 0.3) is 17.0 Å². The van der Waals surface area contributed by atoms with Crippen LogP contribution in [-0.4, -0.2) is 29.8 Å². The monoisotopic (exact) mass is 393 g/mol. The summed E-state index contributed by atoms with van der Waals surface area (Å²) in [6.45, 7) is 3.50. The molecule has 0 aliphatic heterocycles. The van der Waals surface area contributed by atoms with E-state index in [4.69, 9.17) is 0 Å². The van der Waals surface area contributed by atoms with Gasteiger partial charge in [-0.1, -0.05) is 0 Å². The normalized spacial score (nSPS) is 13.4. The van der Waals surface area contributed by atoms with Gasteiger partial charge in [0.05, 0.1) is 24.0 Å². The quantitative estimate of drug-likeness (QED) is 0.477. The Kier molecular flexibility index (Phi) is 4.85. The van der Waals surface area contributed by atoms with Crippen molar-refractivity contribution in [2.75, 3.05) is 5.32 Å². The molecule has 29 heavy (non-hydrogen) atoms. The van der Waals surface area contributed by atoms with Crippen molar-refractivity contribution in [3.8, 4) is 17.1 Å². The number of phenols is 1. The second-order valence-corrected chi connectivity index (χ2v) is 6.87. The molecular formula is C21H20FN5O2. The summed E-state index contributed by atoms with van der Waals surface area (Å²) in [5.41, 5.74) is 3.11. The number of fused-ring (bicyclic) bond motifs is 1. The van der Waals surface area contributed by atoms with E-state index in [1.165, 1.54) is 18.2 Å². The molecule has 7 nitrogen and oxygen atoms in total. The molecule has 3 N–H and O–H groups in total. The van der Waals surface area contributed by atoms with Crippen LogP contribution in [0.4, 0.5) is 10.2 Å².